The second-order valence-corrected chi connectivity index (χ2v) is 6.91. The maximum absolute atomic E-state index is 9.60. The van der Waals surface area contributed by atoms with Gasteiger partial charge in [-0.15, -0.1) is 0 Å². The predicted molar refractivity (Wildman–Crippen MR) is 110 cm³/mol. The average molecular weight is 372 g/mol. The van der Waals surface area contributed by atoms with Gasteiger partial charge in [0.1, 0.15) is 12.4 Å². The Bertz CT molecular complexity index is 615. The molecule has 0 saturated heterocycles. The first-order valence-corrected chi connectivity index (χ1v) is 9.98. The highest BCUT2D eigenvalue weighted by atomic mass is 16.5. The third-order valence-corrected chi connectivity index (χ3v) is 4.82. The number of para-hydroxylation sites is 1. The zero-order valence-corrected chi connectivity index (χ0v) is 16.4. The highest BCUT2D eigenvalue weighted by Crippen LogP contribution is 2.14. The van der Waals surface area contributed by atoms with Gasteiger partial charge in [-0.25, -0.2) is 0 Å². The third kappa shape index (κ3) is 7.71. The van der Waals surface area contributed by atoms with Crippen LogP contribution in [-0.4, -0.2) is 47.5 Å². The normalized spacial score (nSPS) is 12.3. The lowest BCUT2D eigenvalue weighted by molar-refractivity contribution is 0.0946. The van der Waals surface area contributed by atoms with E-state index in [1.807, 2.05) is 30.3 Å². The Morgan fingerprint density at radius 1 is 0.926 bits per heavy atom. The number of benzene rings is 2. The summed E-state index contributed by atoms with van der Waals surface area (Å²) in [6.07, 6.45) is 4.01. The van der Waals surface area contributed by atoms with E-state index < -0.39 is 0 Å². The summed E-state index contributed by atoms with van der Waals surface area (Å²) in [6.45, 7) is 4.51. The van der Waals surface area contributed by atoms with Gasteiger partial charge in [0, 0.05) is 12.6 Å². The van der Waals surface area contributed by atoms with Crippen LogP contribution in [0, 0.1) is 0 Å². The molecule has 0 bridgehead atoms. The predicted octanol–water partition coefficient (Wildman–Crippen LogP) is 3.65. The molecule has 0 aliphatic rings. The summed E-state index contributed by atoms with van der Waals surface area (Å²) in [4.78, 5) is 2.21. The Hall–Kier alpha value is -1.88. The smallest absolute Gasteiger partial charge is 0.119 e. The lowest BCUT2D eigenvalue weighted by atomic mass is 10.1. The number of aliphatic hydroxyl groups excluding tert-OH is 2. The van der Waals surface area contributed by atoms with Crippen molar-refractivity contribution in [1.29, 1.82) is 0 Å². The fraction of sp³-hybridized carbons (Fsp3) is 0.478. The van der Waals surface area contributed by atoms with E-state index in [1.54, 1.807) is 0 Å². The molecule has 0 unspecified atom stereocenters. The Balaban J connectivity index is 1.78. The highest BCUT2D eigenvalue weighted by molar-refractivity contribution is 5.24. The fourth-order valence-electron chi connectivity index (χ4n) is 3.30. The first kappa shape index (κ1) is 21.4. The fourth-order valence-corrected chi connectivity index (χ4v) is 3.30. The molecule has 4 nitrogen and oxygen atoms in total. The van der Waals surface area contributed by atoms with Crippen molar-refractivity contribution < 1.29 is 14.9 Å². The molecule has 148 valence electrons. The van der Waals surface area contributed by atoms with Gasteiger partial charge in [0.25, 0.3) is 0 Å². The number of aliphatic hydroxyl groups is 2. The molecule has 1 atom stereocenters. The quantitative estimate of drug-likeness (QED) is 0.564. The summed E-state index contributed by atoms with van der Waals surface area (Å²) < 4.78 is 5.78. The standard InChI is InChI=1S/C23H33NO3/c1-2-7-22(18-26)24(16-17-25)15-6-8-20-11-13-21(14-12-20)19-27-23-9-4-3-5-10-23/h3-5,9-14,22,25-26H,2,6-8,15-19H2,1H3/t22-/m0/s1. The van der Waals surface area contributed by atoms with Gasteiger partial charge in [-0.1, -0.05) is 55.8 Å². The van der Waals surface area contributed by atoms with Crippen LogP contribution < -0.4 is 4.74 Å². The van der Waals surface area contributed by atoms with Gasteiger partial charge in [-0.05, 0) is 49.1 Å². The summed E-state index contributed by atoms with van der Waals surface area (Å²) in [6, 6.07) is 18.6. The SMILES string of the molecule is CCC[C@@H](CO)N(CCO)CCCc1ccc(COc2ccccc2)cc1. The molecular weight excluding hydrogens is 338 g/mol. The largest absolute Gasteiger partial charge is 0.489 e. The molecule has 0 saturated carbocycles. The summed E-state index contributed by atoms with van der Waals surface area (Å²) in [5, 5.41) is 18.9. The molecule has 0 fully saturated rings. The molecule has 0 heterocycles. The molecule has 2 aromatic carbocycles. The number of ether oxygens (including phenoxy) is 1. The summed E-state index contributed by atoms with van der Waals surface area (Å²) in [5.41, 5.74) is 2.46. The minimum Gasteiger partial charge on any atom is -0.489 e. The van der Waals surface area contributed by atoms with Crippen LogP contribution in [0.5, 0.6) is 5.75 Å². The van der Waals surface area contributed by atoms with Crippen molar-refractivity contribution >= 4 is 0 Å². The molecule has 0 amide bonds. The van der Waals surface area contributed by atoms with Gasteiger partial charge < -0.3 is 14.9 Å². The molecule has 2 N–H and O–H groups in total. The van der Waals surface area contributed by atoms with E-state index >= 15 is 0 Å². The maximum Gasteiger partial charge on any atom is 0.119 e. The van der Waals surface area contributed by atoms with Crippen molar-refractivity contribution in [3.63, 3.8) is 0 Å². The molecule has 0 spiro atoms. The first-order chi connectivity index (χ1) is 13.3. The Labute approximate surface area is 163 Å². The number of hydrogen-bond donors (Lipinski definition) is 2. The van der Waals surface area contributed by atoms with Crippen molar-refractivity contribution in [2.75, 3.05) is 26.3 Å². The Morgan fingerprint density at radius 3 is 2.26 bits per heavy atom. The number of rotatable bonds is 13. The minimum atomic E-state index is 0.135. The zero-order chi connectivity index (χ0) is 19.3. The summed E-state index contributed by atoms with van der Waals surface area (Å²) in [7, 11) is 0. The van der Waals surface area contributed by atoms with Crippen molar-refractivity contribution in [2.45, 2.75) is 45.3 Å². The van der Waals surface area contributed by atoms with E-state index in [0.717, 1.165) is 43.5 Å². The molecule has 2 aromatic rings. The molecule has 4 heteroatoms. The van der Waals surface area contributed by atoms with Crippen LogP contribution in [0.1, 0.15) is 37.3 Å². The molecule has 0 aliphatic carbocycles. The van der Waals surface area contributed by atoms with E-state index in [0.29, 0.717) is 13.2 Å². The Morgan fingerprint density at radius 2 is 1.63 bits per heavy atom. The topological polar surface area (TPSA) is 52.9 Å². The molecule has 0 aliphatic heterocycles. The van der Waals surface area contributed by atoms with Crippen LogP contribution in [0.15, 0.2) is 54.6 Å². The van der Waals surface area contributed by atoms with Gasteiger partial charge in [-0.3, -0.25) is 4.90 Å². The second kappa shape index (κ2) is 12.5. The van der Waals surface area contributed by atoms with Crippen LogP contribution in [0.25, 0.3) is 0 Å². The van der Waals surface area contributed by atoms with Crippen molar-refractivity contribution in [2.24, 2.45) is 0 Å². The van der Waals surface area contributed by atoms with Crippen LogP contribution in [0.2, 0.25) is 0 Å². The number of hydrogen-bond acceptors (Lipinski definition) is 4. The van der Waals surface area contributed by atoms with Crippen molar-refractivity contribution in [3.05, 3.63) is 65.7 Å². The van der Waals surface area contributed by atoms with E-state index in [-0.39, 0.29) is 19.3 Å². The third-order valence-electron chi connectivity index (χ3n) is 4.82. The monoisotopic (exact) mass is 371 g/mol. The van der Waals surface area contributed by atoms with Gasteiger partial charge in [-0.2, -0.15) is 0 Å². The highest BCUT2D eigenvalue weighted by Gasteiger charge is 2.15. The van der Waals surface area contributed by atoms with Gasteiger partial charge >= 0.3 is 0 Å². The average Bonchev–Trinajstić information content (AvgIpc) is 2.71. The van der Waals surface area contributed by atoms with E-state index in [9.17, 15) is 10.2 Å². The van der Waals surface area contributed by atoms with Crippen LogP contribution >= 0.6 is 0 Å². The van der Waals surface area contributed by atoms with E-state index in [2.05, 4.69) is 36.1 Å². The molecular formula is C23H33NO3. The van der Waals surface area contributed by atoms with Crippen LogP contribution in [0.4, 0.5) is 0 Å². The van der Waals surface area contributed by atoms with E-state index in [4.69, 9.17) is 4.74 Å². The van der Waals surface area contributed by atoms with Crippen molar-refractivity contribution in [3.8, 4) is 5.75 Å². The lowest BCUT2D eigenvalue weighted by Gasteiger charge is -2.29. The minimum absolute atomic E-state index is 0.135. The first-order valence-electron chi connectivity index (χ1n) is 9.98. The molecule has 27 heavy (non-hydrogen) atoms. The maximum atomic E-state index is 9.60. The number of nitrogens with zero attached hydrogens (tertiary/aromatic N) is 1. The van der Waals surface area contributed by atoms with Crippen molar-refractivity contribution in [1.82, 2.24) is 4.90 Å². The summed E-state index contributed by atoms with van der Waals surface area (Å²) in [5.74, 6) is 0.885. The molecule has 0 radical (unpaired) electrons. The molecule has 0 aromatic heterocycles. The van der Waals surface area contributed by atoms with Crippen LogP contribution in [-0.2, 0) is 13.0 Å². The summed E-state index contributed by atoms with van der Waals surface area (Å²) >= 11 is 0. The molecule has 2 rings (SSSR count). The van der Waals surface area contributed by atoms with Gasteiger partial charge in [0.2, 0.25) is 0 Å². The van der Waals surface area contributed by atoms with Gasteiger partial charge in [0.15, 0.2) is 0 Å². The van der Waals surface area contributed by atoms with Crippen LogP contribution in [0.3, 0.4) is 0 Å². The number of aryl methyl sites for hydroxylation is 1. The van der Waals surface area contributed by atoms with Gasteiger partial charge in [0.05, 0.1) is 13.2 Å². The lowest BCUT2D eigenvalue weighted by Crippen LogP contribution is -2.40. The zero-order valence-electron chi connectivity index (χ0n) is 16.4. The Kier molecular flexibility index (Phi) is 9.91. The second-order valence-electron chi connectivity index (χ2n) is 6.91. The van der Waals surface area contributed by atoms with E-state index in [1.165, 1.54) is 5.56 Å².